The van der Waals surface area contributed by atoms with Crippen LogP contribution in [0.1, 0.15) is 76.5 Å². The summed E-state index contributed by atoms with van der Waals surface area (Å²) in [7, 11) is 0. The third-order valence-corrected chi connectivity index (χ3v) is 4.69. The Morgan fingerprint density at radius 1 is 1.00 bits per heavy atom. The highest BCUT2D eigenvalue weighted by Crippen LogP contribution is 2.28. The van der Waals surface area contributed by atoms with Gasteiger partial charge in [0.15, 0.2) is 0 Å². The van der Waals surface area contributed by atoms with Crippen molar-refractivity contribution in [2.24, 2.45) is 11.8 Å². The number of aryl methyl sites for hydroxylation is 1. The molecule has 2 nitrogen and oxygen atoms in total. The maximum Gasteiger partial charge on any atom is 0.106 e. The number of hydrogen-bond donors (Lipinski definition) is 1. The number of aromatic nitrogens is 2. The second-order valence-electron chi connectivity index (χ2n) is 6.49. The van der Waals surface area contributed by atoms with Gasteiger partial charge in [-0.1, -0.05) is 52.9 Å². The number of H-pyrrole nitrogens is 1. The van der Waals surface area contributed by atoms with Crippen molar-refractivity contribution in [3.63, 3.8) is 0 Å². The van der Waals surface area contributed by atoms with E-state index in [9.17, 15) is 0 Å². The Morgan fingerprint density at radius 3 is 2.47 bits per heavy atom. The fourth-order valence-electron chi connectivity index (χ4n) is 3.06. The van der Waals surface area contributed by atoms with Crippen molar-refractivity contribution in [3.05, 3.63) is 17.2 Å². The third kappa shape index (κ3) is 4.09. The van der Waals surface area contributed by atoms with Crippen molar-refractivity contribution in [1.82, 2.24) is 9.97 Å². The first-order chi connectivity index (χ1) is 9.20. The van der Waals surface area contributed by atoms with Crippen molar-refractivity contribution in [2.75, 3.05) is 0 Å². The van der Waals surface area contributed by atoms with Crippen LogP contribution in [0.4, 0.5) is 0 Å². The number of nitrogens with one attached hydrogen (secondary N) is 1. The van der Waals surface area contributed by atoms with Gasteiger partial charge in [0.2, 0.25) is 0 Å². The van der Waals surface area contributed by atoms with Crippen LogP contribution in [0.5, 0.6) is 0 Å². The summed E-state index contributed by atoms with van der Waals surface area (Å²) in [5.74, 6) is 2.83. The van der Waals surface area contributed by atoms with Gasteiger partial charge in [-0.3, -0.25) is 0 Å². The fraction of sp³-hybridized carbons (Fsp3) is 0.824. The van der Waals surface area contributed by atoms with Gasteiger partial charge in [0, 0.05) is 12.1 Å². The molecular formula is C17H30N2. The molecule has 0 bridgehead atoms. The molecule has 1 N–H and O–H groups in total. The second-order valence-corrected chi connectivity index (χ2v) is 6.49. The number of imidazole rings is 1. The predicted molar refractivity (Wildman–Crippen MR) is 81.4 cm³/mol. The van der Waals surface area contributed by atoms with Crippen LogP contribution in [0.2, 0.25) is 0 Å². The number of fused-ring (bicyclic) bond motifs is 1. The average Bonchev–Trinajstić information content (AvgIpc) is 2.76. The van der Waals surface area contributed by atoms with Gasteiger partial charge in [-0.05, 0) is 31.1 Å². The Bertz CT molecular complexity index is 353. The number of rotatable bonds is 7. The molecule has 0 aliphatic heterocycles. The van der Waals surface area contributed by atoms with E-state index in [0.29, 0.717) is 0 Å². The van der Waals surface area contributed by atoms with E-state index in [0.717, 1.165) is 18.3 Å². The van der Waals surface area contributed by atoms with Crippen molar-refractivity contribution in [3.8, 4) is 0 Å². The van der Waals surface area contributed by atoms with Gasteiger partial charge < -0.3 is 4.98 Å². The zero-order valence-electron chi connectivity index (χ0n) is 13.0. The highest BCUT2D eigenvalue weighted by atomic mass is 14.9. The van der Waals surface area contributed by atoms with Gasteiger partial charge in [0.25, 0.3) is 0 Å². The molecule has 1 heterocycles. The molecule has 0 aromatic carbocycles. The van der Waals surface area contributed by atoms with E-state index < -0.39 is 0 Å². The third-order valence-electron chi connectivity index (χ3n) is 4.69. The summed E-state index contributed by atoms with van der Waals surface area (Å²) in [5.41, 5.74) is 2.78. The summed E-state index contributed by atoms with van der Waals surface area (Å²) in [6.45, 7) is 6.99. The lowest BCUT2D eigenvalue weighted by Gasteiger charge is -2.24. The molecule has 0 saturated heterocycles. The van der Waals surface area contributed by atoms with Crippen LogP contribution in [0.15, 0.2) is 0 Å². The number of hydrogen-bond acceptors (Lipinski definition) is 1. The quantitative estimate of drug-likeness (QED) is 0.710. The van der Waals surface area contributed by atoms with E-state index >= 15 is 0 Å². The van der Waals surface area contributed by atoms with E-state index in [1.165, 1.54) is 68.6 Å². The zero-order valence-corrected chi connectivity index (χ0v) is 13.0. The van der Waals surface area contributed by atoms with Crippen LogP contribution in [0.25, 0.3) is 0 Å². The van der Waals surface area contributed by atoms with E-state index in [1.54, 1.807) is 0 Å². The molecular weight excluding hydrogens is 232 g/mol. The monoisotopic (exact) mass is 262 g/mol. The Balaban J connectivity index is 1.75. The molecule has 0 fully saturated rings. The van der Waals surface area contributed by atoms with E-state index in [2.05, 4.69) is 25.8 Å². The number of aromatic amines is 1. The molecule has 0 radical (unpaired) electrons. The summed E-state index contributed by atoms with van der Waals surface area (Å²) in [5, 5.41) is 0. The van der Waals surface area contributed by atoms with Crippen LogP contribution in [-0.4, -0.2) is 9.97 Å². The Morgan fingerprint density at radius 2 is 1.68 bits per heavy atom. The summed E-state index contributed by atoms with van der Waals surface area (Å²) >= 11 is 0. The normalized spacial score (nSPS) is 22.5. The van der Waals surface area contributed by atoms with Crippen molar-refractivity contribution in [2.45, 2.75) is 78.6 Å². The molecule has 0 amide bonds. The molecule has 2 unspecified atom stereocenters. The van der Waals surface area contributed by atoms with Crippen molar-refractivity contribution >= 4 is 0 Å². The standard InChI is InChI=1S/C17H30N2/c1-4-5-6-7-8-9-10-17-18-15-11-13(2)14(3)12-16(15)19-17/h13-14H,4-12H2,1-3H3,(H,18,19). The van der Waals surface area contributed by atoms with Crippen LogP contribution in [0, 0.1) is 11.8 Å². The van der Waals surface area contributed by atoms with E-state index in [1.807, 2.05) is 0 Å². The summed E-state index contributed by atoms with van der Waals surface area (Å²) < 4.78 is 0. The van der Waals surface area contributed by atoms with Crippen molar-refractivity contribution < 1.29 is 0 Å². The minimum atomic E-state index is 0.790. The molecule has 2 heteroatoms. The number of nitrogens with zero attached hydrogens (tertiary/aromatic N) is 1. The zero-order chi connectivity index (χ0) is 13.7. The van der Waals surface area contributed by atoms with Gasteiger partial charge in [-0.15, -0.1) is 0 Å². The lowest BCUT2D eigenvalue weighted by atomic mass is 9.82. The summed E-state index contributed by atoms with van der Waals surface area (Å²) in [4.78, 5) is 8.39. The minimum absolute atomic E-state index is 0.790. The Hall–Kier alpha value is -0.790. The summed E-state index contributed by atoms with van der Waals surface area (Å²) in [6.07, 6.45) is 11.7. The van der Waals surface area contributed by atoms with Crippen LogP contribution in [0.3, 0.4) is 0 Å². The molecule has 2 atom stereocenters. The molecule has 0 saturated carbocycles. The van der Waals surface area contributed by atoms with Gasteiger partial charge in [-0.2, -0.15) is 0 Å². The Kier molecular flexibility index (Phi) is 5.47. The lowest BCUT2D eigenvalue weighted by Crippen LogP contribution is -2.20. The molecule has 1 aromatic heterocycles. The smallest absolute Gasteiger partial charge is 0.106 e. The molecule has 1 aliphatic carbocycles. The highest BCUT2D eigenvalue weighted by molar-refractivity contribution is 5.19. The van der Waals surface area contributed by atoms with Gasteiger partial charge in [0.05, 0.1) is 5.69 Å². The number of unbranched alkanes of at least 4 members (excludes halogenated alkanes) is 5. The first-order valence-electron chi connectivity index (χ1n) is 8.27. The average molecular weight is 262 g/mol. The van der Waals surface area contributed by atoms with Crippen LogP contribution in [-0.2, 0) is 19.3 Å². The van der Waals surface area contributed by atoms with Crippen molar-refractivity contribution in [1.29, 1.82) is 0 Å². The minimum Gasteiger partial charge on any atom is -0.346 e. The second kappa shape index (κ2) is 7.12. The maximum atomic E-state index is 4.81. The largest absolute Gasteiger partial charge is 0.346 e. The maximum absolute atomic E-state index is 4.81. The molecule has 19 heavy (non-hydrogen) atoms. The van der Waals surface area contributed by atoms with Gasteiger partial charge in [-0.25, -0.2) is 4.98 Å². The first kappa shape index (κ1) is 14.6. The topological polar surface area (TPSA) is 28.7 Å². The SMILES string of the molecule is CCCCCCCCc1nc2c([nH]1)CC(C)C(C)C2. The van der Waals surface area contributed by atoms with E-state index in [4.69, 9.17) is 4.98 Å². The molecule has 0 spiro atoms. The first-order valence-corrected chi connectivity index (χ1v) is 8.27. The fourth-order valence-corrected chi connectivity index (χ4v) is 3.06. The molecule has 108 valence electrons. The molecule has 1 aromatic rings. The Labute approximate surface area is 118 Å². The van der Waals surface area contributed by atoms with E-state index in [-0.39, 0.29) is 0 Å². The van der Waals surface area contributed by atoms with Crippen LogP contribution < -0.4 is 0 Å². The molecule has 1 aliphatic rings. The van der Waals surface area contributed by atoms with Gasteiger partial charge >= 0.3 is 0 Å². The highest BCUT2D eigenvalue weighted by Gasteiger charge is 2.24. The lowest BCUT2D eigenvalue weighted by molar-refractivity contribution is 0.355. The predicted octanol–water partition coefficient (Wildman–Crippen LogP) is 4.68. The van der Waals surface area contributed by atoms with Crippen LogP contribution >= 0.6 is 0 Å². The molecule has 2 rings (SSSR count). The van der Waals surface area contributed by atoms with Gasteiger partial charge in [0.1, 0.15) is 5.82 Å². The summed E-state index contributed by atoms with van der Waals surface area (Å²) in [6, 6.07) is 0.